The number of fused-ring (bicyclic) bond motifs is 1. The maximum atomic E-state index is 5.92. The number of rotatable bonds is 4. The number of nitrogen functional groups attached to an aromatic ring is 1. The first-order valence-electron chi connectivity index (χ1n) is 7.47. The Labute approximate surface area is 119 Å². The lowest BCUT2D eigenvalue weighted by atomic mass is 10.2. The topological polar surface area (TPSA) is 76.3 Å². The molecule has 2 unspecified atom stereocenters. The number of anilines is 2. The van der Waals surface area contributed by atoms with Gasteiger partial charge in [0.05, 0.1) is 12.7 Å². The summed E-state index contributed by atoms with van der Waals surface area (Å²) in [5.74, 6) is 2.08. The van der Waals surface area contributed by atoms with Gasteiger partial charge in [0.1, 0.15) is 17.5 Å². The van der Waals surface area contributed by atoms with Crippen molar-refractivity contribution in [3.8, 4) is 0 Å². The predicted octanol–water partition coefficient (Wildman–Crippen LogP) is 0.896. The molecule has 0 spiro atoms. The van der Waals surface area contributed by atoms with Crippen molar-refractivity contribution in [2.24, 2.45) is 0 Å². The van der Waals surface area contributed by atoms with Crippen LogP contribution in [0.15, 0.2) is 6.07 Å². The lowest BCUT2D eigenvalue weighted by molar-refractivity contribution is -0.0416. The number of aryl methyl sites for hydroxylation is 1. The fraction of sp³-hybridized carbons (Fsp3) is 0.714. The lowest BCUT2D eigenvalue weighted by Crippen LogP contribution is -2.48. The highest BCUT2D eigenvalue weighted by Gasteiger charge is 2.31. The first kappa shape index (κ1) is 13.6. The standard InChI is InChI=1S/C14H23N5O/c1-2-13-17-12(15)6-14(18-13)16-7-11-8-19-5-3-4-10(19)9-20-11/h6,10-11H,2-5,7-9H2,1H3,(H3,15,16,17,18). The van der Waals surface area contributed by atoms with Crippen molar-refractivity contribution in [3.05, 3.63) is 11.9 Å². The van der Waals surface area contributed by atoms with Crippen LogP contribution in [0, 0.1) is 0 Å². The van der Waals surface area contributed by atoms with Gasteiger partial charge in [0.15, 0.2) is 0 Å². The number of hydrogen-bond acceptors (Lipinski definition) is 6. The molecule has 110 valence electrons. The summed E-state index contributed by atoms with van der Waals surface area (Å²) in [6.45, 7) is 5.88. The average molecular weight is 277 g/mol. The molecule has 0 aromatic carbocycles. The van der Waals surface area contributed by atoms with Gasteiger partial charge in [-0.2, -0.15) is 0 Å². The molecule has 2 saturated heterocycles. The molecule has 3 N–H and O–H groups in total. The quantitative estimate of drug-likeness (QED) is 0.851. The van der Waals surface area contributed by atoms with Crippen LogP contribution < -0.4 is 11.1 Å². The highest BCUT2D eigenvalue weighted by atomic mass is 16.5. The molecule has 2 atom stereocenters. The summed E-state index contributed by atoms with van der Waals surface area (Å²) in [7, 11) is 0. The van der Waals surface area contributed by atoms with E-state index < -0.39 is 0 Å². The van der Waals surface area contributed by atoms with Gasteiger partial charge in [-0.1, -0.05) is 6.92 Å². The average Bonchev–Trinajstić information content (AvgIpc) is 2.92. The second kappa shape index (κ2) is 5.93. The number of nitrogens with zero attached hydrogens (tertiary/aromatic N) is 3. The van der Waals surface area contributed by atoms with E-state index in [2.05, 4.69) is 20.2 Å². The van der Waals surface area contributed by atoms with Crippen LogP contribution in [0.2, 0.25) is 0 Å². The van der Waals surface area contributed by atoms with E-state index in [4.69, 9.17) is 10.5 Å². The second-order valence-electron chi connectivity index (χ2n) is 5.58. The van der Waals surface area contributed by atoms with Crippen molar-refractivity contribution in [1.82, 2.24) is 14.9 Å². The summed E-state index contributed by atoms with van der Waals surface area (Å²) < 4.78 is 5.92. The monoisotopic (exact) mass is 277 g/mol. The van der Waals surface area contributed by atoms with Gasteiger partial charge in [0.25, 0.3) is 0 Å². The minimum Gasteiger partial charge on any atom is -0.384 e. The van der Waals surface area contributed by atoms with Crippen LogP contribution in [-0.2, 0) is 11.2 Å². The van der Waals surface area contributed by atoms with Gasteiger partial charge < -0.3 is 15.8 Å². The molecule has 0 bridgehead atoms. The number of aromatic nitrogens is 2. The van der Waals surface area contributed by atoms with Crippen molar-refractivity contribution in [2.45, 2.75) is 38.3 Å². The number of ether oxygens (including phenoxy) is 1. The first-order valence-corrected chi connectivity index (χ1v) is 7.47. The number of nitrogens with one attached hydrogen (secondary N) is 1. The van der Waals surface area contributed by atoms with Gasteiger partial charge in [0, 0.05) is 31.6 Å². The van der Waals surface area contributed by atoms with Gasteiger partial charge in [-0.25, -0.2) is 9.97 Å². The smallest absolute Gasteiger partial charge is 0.132 e. The Balaban J connectivity index is 1.55. The maximum Gasteiger partial charge on any atom is 0.132 e. The summed E-state index contributed by atoms with van der Waals surface area (Å²) in [4.78, 5) is 11.2. The molecule has 6 nitrogen and oxygen atoms in total. The van der Waals surface area contributed by atoms with E-state index in [1.165, 1.54) is 19.4 Å². The van der Waals surface area contributed by atoms with Crippen LogP contribution in [0.25, 0.3) is 0 Å². The van der Waals surface area contributed by atoms with Gasteiger partial charge in [0.2, 0.25) is 0 Å². The molecular weight excluding hydrogens is 254 g/mol. The van der Waals surface area contributed by atoms with Crippen LogP contribution in [0.5, 0.6) is 0 Å². The maximum absolute atomic E-state index is 5.92. The Hall–Kier alpha value is -1.40. The third kappa shape index (κ3) is 3.02. The number of hydrogen-bond donors (Lipinski definition) is 2. The Bertz CT molecular complexity index is 467. The van der Waals surface area contributed by atoms with Crippen LogP contribution in [0.3, 0.4) is 0 Å². The van der Waals surface area contributed by atoms with E-state index in [-0.39, 0.29) is 6.10 Å². The predicted molar refractivity (Wildman–Crippen MR) is 78.6 cm³/mol. The summed E-state index contributed by atoms with van der Waals surface area (Å²) in [5, 5.41) is 3.33. The molecule has 3 heterocycles. The summed E-state index contributed by atoms with van der Waals surface area (Å²) in [5.41, 5.74) is 5.78. The molecule has 2 fully saturated rings. The molecule has 6 heteroatoms. The zero-order valence-corrected chi connectivity index (χ0v) is 12.0. The summed E-state index contributed by atoms with van der Waals surface area (Å²) >= 11 is 0. The highest BCUT2D eigenvalue weighted by Crippen LogP contribution is 2.22. The van der Waals surface area contributed by atoms with Crippen molar-refractivity contribution in [1.29, 1.82) is 0 Å². The lowest BCUT2D eigenvalue weighted by Gasteiger charge is -2.35. The Morgan fingerprint density at radius 1 is 1.50 bits per heavy atom. The zero-order valence-electron chi connectivity index (χ0n) is 12.0. The fourth-order valence-corrected chi connectivity index (χ4v) is 2.99. The molecule has 3 rings (SSSR count). The van der Waals surface area contributed by atoms with Crippen LogP contribution >= 0.6 is 0 Å². The van der Waals surface area contributed by atoms with E-state index >= 15 is 0 Å². The summed E-state index contributed by atoms with van der Waals surface area (Å²) in [6, 6.07) is 2.42. The third-order valence-corrected chi connectivity index (χ3v) is 4.08. The minimum absolute atomic E-state index is 0.227. The molecule has 0 radical (unpaired) electrons. The Morgan fingerprint density at radius 3 is 3.25 bits per heavy atom. The summed E-state index contributed by atoms with van der Waals surface area (Å²) in [6.07, 6.45) is 3.60. The number of morpholine rings is 1. The SMILES string of the molecule is CCc1nc(N)cc(NCC2CN3CCCC3CO2)n1. The molecule has 1 aromatic rings. The molecule has 0 amide bonds. The molecular formula is C14H23N5O. The molecule has 0 saturated carbocycles. The van der Waals surface area contributed by atoms with Gasteiger partial charge in [-0.3, -0.25) is 4.90 Å². The van der Waals surface area contributed by atoms with Crippen molar-refractivity contribution in [3.63, 3.8) is 0 Å². The van der Waals surface area contributed by atoms with E-state index in [0.717, 1.165) is 37.8 Å². The molecule has 20 heavy (non-hydrogen) atoms. The second-order valence-corrected chi connectivity index (χ2v) is 5.58. The Morgan fingerprint density at radius 2 is 2.40 bits per heavy atom. The van der Waals surface area contributed by atoms with E-state index in [0.29, 0.717) is 11.9 Å². The van der Waals surface area contributed by atoms with Crippen molar-refractivity contribution in [2.75, 3.05) is 37.3 Å². The van der Waals surface area contributed by atoms with Crippen LogP contribution in [-0.4, -0.2) is 53.3 Å². The Kier molecular flexibility index (Phi) is 4.03. The van der Waals surface area contributed by atoms with Crippen molar-refractivity contribution >= 4 is 11.6 Å². The fourth-order valence-electron chi connectivity index (χ4n) is 2.99. The highest BCUT2D eigenvalue weighted by molar-refractivity contribution is 5.44. The van der Waals surface area contributed by atoms with Gasteiger partial charge >= 0.3 is 0 Å². The number of nitrogens with two attached hydrogens (primary N) is 1. The van der Waals surface area contributed by atoms with Crippen LogP contribution in [0.4, 0.5) is 11.6 Å². The molecule has 2 aliphatic rings. The van der Waals surface area contributed by atoms with Gasteiger partial charge in [-0.15, -0.1) is 0 Å². The zero-order chi connectivity index (χ0) is 13.9. The first-order chi connectivity index (χ1) is 9.74. The third-order valence-electron chi connectivity index (χ3n) is 4.08. The molecule has 2 aliphatic heterocycles. The van der Waals surface area contributed by atoms with Gasteiger partial charge in [-0.05, 0) is 19.4 Å². The van der Waals surface area contributed by atoms with E-state index in [1.54, 1.807) is 6.07 Å². The van der Waals surface area contributed by atoms with Crippen LogP contribution in [0.1, 0.15) is 25.6 Å². The normalized spacial score (nSPS) is 26.4. The van der Waals surface area contributed by atoms with E-state index in [9.17, 15) is 0 Å². The van der Waals surface area contributed by atoms with Crippen molar-refractivity contribution < 1.29 is 4.74 Å². The molecule has 0 aliphatic carbocycles. The minimum atomic E-state index is 0.227. The molecule has 1 aromatic heterocycles. The van der Waals surface area contributed by atoms with E-state index in [1.807, 2.05) is 6.92 Å². The largest absolute Gasteiger partial charge is 0.384 e.